The SMILES string of the molecule is CCCCCCCCCCC.CN(C)C. The van der Waals surface area contributed by atoms with Crippen molar-refractivity contribution in [2.75, 3.05) is 21.1 Å². The molecule has 0 atom stereocenters. The molecule has 0 aliphatic carbocycles. The van der Waals surface area contributed by atoms with E-state index in [9.17, 15) is 0 Å². The maximum absolute atomic E-state index is 2.27. The number of rotatable bonds is 8. The van der Waals surface area contributed by atoms with Gasteiger partial charge in [0.25, 0.3) is 0 Å². The highest BCUT2D eigenvalue weighted by Gasteiger charge is 1.88. The van der Waals surface area contributed by atoms with E-state index in [1.807, 2.05) is 26.0 Å². The Kier molecular flexibility index (Phi) is 19.0. The highest BCUT2D eigenvalue weighted by molar-refractivity contribution is 4.44. The van der Waals surface area contributed by atoms with Crippen LogP contribution in [0.2, 0.25) is 0 Å². The van der Waals surface area contributed by atoms with Crippen molar-refractivity contribution in [2.24, 2.45) is 0 Å². The minimum absolute atomic E-state index is 1.37. The van der Waals surface area contributed by atoms with Crippen molar-refractivity contribution in [3.8, 4) is 0 Å². The van der Waals surface area contributed by atoms with Gasteiger partial charge in [-0.05, 0) is 21.1 Å². The molecule has 0 bridgehead atoms. The van der Waals surface area contributed by atoms with Crippen LogP contribution in [0.4, 0.5) is 0 Å². The fraction of sp³-hybridized carbons (Fsp3) is 1.00. The zero-order valence-corrected chi connectivity index (χ0v) is 11.8. The van der Waals surface area contributed by atoms with Crippen LogP contribution in [-0.4, -0.2) is 26.0 Å². The lowest BCUT2D eigenvalue weighted by Gasteiger charge is -1.98. The summed E-state index contributed by atoms with van der Waals surface area (Å²) in [6.45, 7) is 4.55. The lowest BCUT2D eigenvalue weighted by Crippen LogP contribution is -1.99. The Bertz CT molecular complexity index is 78.6. The first-order valence-corrected chi connectivity index (χ1v) is 6.76. The van der Waals surface area contributed by atoms with Gasteiger partial charge in [-0.3, -0.25) is 0 Å². The van der Waals surface area contributed by atoms with Crippen LogP contribution >= 0.6 is 0 Å². The zero-order chi connectivity index (χ0) is 11.9. The molecule has 15 heavy (non-hydrogen) atoms. The van der Waals surface area contributed by atoms with Crippen LogP contribution in [0.3, 0.4) is 0 Å². The van der Waals surface area contributed by atoms with E-state index in [4.69, 9.17) is 0 Å². The Morgan fingerprint density at radius 3 is 0.933 bits per heavy atom. The van der Waals surface area contributed by atoms with Crippen molar-refractivity contribution < 1.29 is 0 Å². The summed E-state index contributed by atoms with van der Waals surface area (Å²) in [5, 5.41) is 0. The van der Waals surface area contributed by atoms with Gasteiger partial charge < -0.3 is 4.90 Å². The minimum Gasteiger partial charge on any atom is -0.312 e. The molecular weight excluding hydrogens is 182 g/mol. The Morgan fingerprint density at radius 1 is 0.533 bits per heavy atom. The summed E-state index contributed by atoms with van der Waals surface area (Å²) >= 11 is 0. The lowest BCUT2D eigenvalue weighted by atomic mass is 10.1. The molecule has 0 N–H and O–H groups in total. The quantitative estimate of drug-likeness (QED) is 0.530. The van der Waals surface area contributed by atoms with E-state index in [0.29, 0.717) is 0 Å². The highest BCUT2D eigenvalue weighted by Crippen LogP contribution is 2.08. The third kappa shape index (κ3) is 31.5. The summed E-state index contributed by atoms with van der Waals surface area (Å²) in [5.41, 5.74) is 0. The molecule has 0 unspecified atom stereocenters. The maximum atomic E-state index is 2.27. The first-order valence-electron chi connectivity index (χ1n) is 6.76. The molecule has 0 spiro atoms. The molecule has 0 saturated carbocycles. The second-order valence-corrected chi connectivity index (χ2v) is 4.82. The van der Waals surface area contributed by atoms with Gasteiger partial charge in [0.2, 0.25) is 0 Å². The number of hydrogen-bond donors (Lipinski definition) is 0. The minimum atomic E-state index is 1.37. The topological polar surface area (TPSA) is 3.24 Å². The van der Waals surface area contributed by atoms with Gasteiger partial charge in [-0.25, -0.2) is 0 Å². The first-order chi connectivity index (χ1) is 7.15. The van der Waals surface area contributed by atoms with Crippen LogP contribution in [0.5, 0.6) is 0 Å². The predicted octanol–water partition coefficient (Wildman–Crippen LogP) is 4.71. The van der Waals surface area contributed by atoms with E-state index < -0.39 is 0 Å². The molecule has 1 heteroatoms. The van der Waals surface area contributed by atoms with Gasteiger partial charge in [0, 0.05) is 0 Å². The van der Waals surface area contributed by atoms with Crippen molar-refractivity contribution in [1.29, 1.82) is 0 Å². The maximum Gasteiger partial charge on any atom is -0.0140 e. The average Bonchev–Trinajstić information content (AvgIpc) is 2.16. The molecule has 0 aromatic rings. The summed E-state index contributed by atoms with van der Waals surface area (Å²) < 4.78 is 0. The van der Waals surface area contributed by atoms with Crippen LogP contribution in [0, 0.1) is 0 Å². The predicted molar refractivity (Wildman–Crippen MR) is 72.5 cm³/mol. The van der Waals surface area contributed by atoms with Gasteiger partial charge >= 0.3 is 0 Å². The number of nitrogens with zero attached hydrogens (tertiary/aromatic N) is 1. The molecule has 0 aromatic carbocycles. The summed E-state index contributed by atoms with van der Waals surface area (Å²) in [4.78, 5) is 2.00. The van der Waals surface area contributed by atoms with Gasteiger partial charge in [0.1, 0.15) is 0 Å². The van der Waals surface area contributed by atoms with E-state index in [1.54, 1.807) is 0 Å². The zero-order valence-electron chi connectivity index (χ0n) is 11.8. The van der Waals surface area contributed by atoms with Crippen molar-refractivity contribution in [3.63, 3.8) is 0 Å². The molecule has 0 heterocycles. The Labute approximate surface area is 98.2 Å². The van der Waals surface area contributed by atoms with Gasteiger partial charge in [-0.2, -0.15) is 0 Å². The molecule has 0 aromatic heterocycles. The molecule has 0 saturated heterocycles. The first kappa shape index (κ1) is 17.4. The summed E-state index contributed by atoms with van der Waals surface area (Å²) in [5.74, 6) is 0. The van der Waals surface area contributed by atoms with Crippen LogP contribution in [0.1, 0.15) is 71.6 Å². The Hall–Kier alpha value is -0.0400. The van der Waals surface area contributed by atoms with Crippen molar-refractivity contribution in [2.45, 2.75) is 71.6 Å². The fourth-order valence-corrected chi connectivity index (χ4v) is 1.38. The summed E-state index contributed by atoms with van der Waals surface area (Å²) in [6.07, 6.45) is 13.0. The van der Waals surface area contributed by atoms with E-state index in [-0.39, 0.29) is 0 Å². The molecule has 0 aliphatic heterocycles. The molecular formula is C14H33N. The molecule has 0 rings (SSSR count). The van der Waals surface area contributed by atoms with E-state index >= 15 is 0 Å². The van der Waals surface area contributed by atoms with Crippen molar-refractivity contribution in [1.82, 2.24) is 4.90 Å². The van der Waals surface area contributed by atoms with E-state index in [2.05, 4.69) is 13.8 Å². The van der Waals surface area contributed by atoms with Crippen LogP contribution in [-0.2, 0) is 0 Å². The van der Waals surface area contributed by atoms with Crippen LogP contribution in [0.25, 0.3) is 0 Å². The largest absolute Gasteiger partial charge is 0.312 e. The highest BCUT2D eigenvalue weighted by atomic mass is 15.0. The molecule has 1 nitrogen and oxygen atoms in total. The summed E-state index contributed by atoms with van der Waals surface area (Å²) in [6, 6.07) is 0. The van der Waals surface area contributed by atoms with Gasteiger partial charge in [0.15, 0.2) is 0 Å². The third-order valence-corrected chi connectivity index (χ3v) is 2.21. The molecule has 0 radical (unpaired) electrons. The van der Waals surface area contributed by atoms with Gasteiger partial charge in [-0.15, -0.1) is 0 Å². The molecule has 94 valence electrons. The lowest BCUT2D eigenvalue weighted by molar-refractivity contribution is 0.505. The second-order valence-electron chi connectivity index (χ2n) is 4.82. The van der Waals surface area contributed by atoms with Gasteiger partial charge in [0.05, 0.1) is 0 Å². The van der Waals surface area contributed by atoms with Gasteiger partial charge in [-0.1, -0.05) is 71.6 Å². The smallest absolute Gasteiger partial charge is 0.0140 e. The van der Waals surface area contributed by atoms with Crippen molar-refractivity contribution >= 4 is 0 Å². The molecule has 0 aliphatic rings. The van der Waals surface area contributed by atoms with E-state index in [0.717, 1.165) is 0 Å². The molecule has 0 fully saturated rings. The Balaban J connectivity index is 0. The Morgan fingerprint density at radius 2 is 0.733 bits per heavy atom. The monoisotopic (exact) mass is 215 g/mol. The van der Waals surface area contributed by atoms with E-state index in [1.165, 1.54) is 57.8 Å². The third-order valence-electron chi connectivity index (χ3n) is 2.21. The number of hydrogen-bond acceptors (Lipinski definition) is 1. The van der Waals surface area contributed by atoms with Crippen molar-refractivity contribution in [3.05, 3.63) is 0 Å². The standard InChI is InChI=1S/C11H24.C3H9N/c1-3-5-7-9-11-10-8-6-4-2;1-4(2)3/h3-11H2,1-2H3;1-3H3. The summed E-state index contributed by atoms with van der Waals surface area (Å²) in [7, 11) is 6.00. The normalized spacial score (nSPS) is 10.0. The molecule has 0 amide bonds. The average molecular weight is 215 g/mol. The fourth-order valence-electron chi connectivity index (χ4n) is 1.38. The van der Waals surface area contributed by atoms with Crippen LogP contribution < -0.4 is 0 Å². The number of unbranched alkanes of at least 4 members (excludes halogenated alkanes) is 8. The second kappa shape index (κ2) is 16.4. The van der Waals surface area contributed by atoms with Crippen LogP contribution in [0.15, 0.2) is 0 Å².